The van der Waals surface area contributed by atoms with Gasteiger partial charge in [-0.3, -0.25) is 0 Å². The largest absolute Gasteiger partial charge is 0.507 e. The third kappa shape index (κ3) is 2.01. The summed E-state index contributed by atoms with van der Waals surface area (Å²) in [6, 6.07) is 9.51. The van der Waals surface area contributed by atoms with Gasteiger partial charge in [-0.15, -0.1) is 0 Å². The summed E-state index contributed by atoms with van der Waals surface area (Å²) in [6.45, 7) is 1.73. The van der Waals surface area contributed by atoms with Gasteiger partial charge in [-0.1, -0.05) is 30.4 Å². The first-order chi connectivity index (χ1) is 11.1. The number of aliphatic hydroxyl groups is 1. The quantitative estimate of drug-likeness (QED) is 0.360. The summed E-state index contributed by atoms with van der Waals surface area (Å²) in [7, 11) is 0. The van der Waals surface area contributed by atoms with Crippen molar-refractivity contribution < 1.29 is 15.3 Å². The summed E-state index contributed by atoms with van der Waals surface area (Å²) in [4.78, 5) is 0. The van der Waals surface area contributed by atoms with Gasteiger partial charge in [0.1, 0.15) is 11.5 Å². The number of aromatic hydroxyl groups is 2. The van der Waals surface area contributed by atoms with Gasteiger partial charge in [0.15, 0.2) is 0 Å². The van der Waals surface area contributed by atoms with Crippen molar-refractivity contribution in [3.63, 3.8) is 0 Å². The fourth-order valence-corrected chi connectivity index (χ4v) is 3.56. The Bertz CT molecular complexity index is 968. The molecular weight excluding hydrogens is 288 g/mol. The van der Waals surface area contributed by atoms with Crippen LogP contribution in [0.4, 0.5) is 0 Å². The molecule has 3 heteroatoms. The lowest BCUT2D eigenvalue weighted by Gasteiger charge is -2.19. The van der Waals surface area contributed by atoms with Crippen molar-refractivity contribution in [3.05, 3.63) is 59.2 Å². The van der Waals surface area contributed by atoms with Crippen LogP contribution < -0.4 is 0 Å². The van der Waals surface area contributed by atoms with E-state index in [1.54, 1.807) is 6.92 Å². The molecule has 0 aromatic heterocycles. The van der Waals surface area contributed by atoms with Crippen molar-refractivity contribution in [2.45, 2.75) is 25.9 Å². The lowest BCUT2D eigenvalue weighted by atomic mass is 9.89. The number of allylic oxidation sites excluding steroid dienone is 2. The second-order valence-corrected chi connectivity index (χ2v) is 6.18. The zero-order valence-corrected chi connectivity index (χ0v) is 12.9. The molecule has 0 bridgehead atoms. The summed E-state index contributed by atoms with van der Waals surface area (Å²) in [5.74, 6) is 0.487. The summed E-state index contributed by atoms with van der Waals surface area (Å²) in [5.41, 5.74) is 2.43. The molecule has 23 heavy (non-hydrogen) atoms. The molecule has 3 aromatic carbocycles. The van der Waals surface area contributed by atoms with Crippen LogP contribution in [0.15, 0.2) is 42.5 Å². The van der Waals surface area contributed by atoms with Crippen LogP contribution in [0.5, 0.6) is 11.5 Å². The topological polar surface area (TPSA) is 60.7 Å². The van der Waals surface area contributed by atoms with Crippen molar-refractivity contribution in [2.75, 3.05) is 0 Å². The predicted molar refractivity (Wildman–Crippen MR) is 92.0 cm³/mol. The maximum atomic E-state index is 10.7. The van der Waals surface area contributed by atoms with Crippen LogP contribution in [0, 0.1) is 0 Å². The monoisotopic (exact) mass is 306 g/mol. The van der Waals surface area contributed by atoms with E-state index in [4.69, 9.17) is 0 Å². The van der Waals surface area contributed by atoms with Crippen LogP contribution in [-0.4, -0.2) is 15.3 Å². The number of rotatable bonds is 1. The molecule has 0 amide bonds. The van der Waals surface area contributed by atoms with Crippen LogP contribution in [-0.2, 0) is 12.8 Å². The van der Waals surface area contributed by atoms with Crippen molar-refractivity contribution in [2.24, 2.45) is 0 Å². The Morgan fingerprint density at radius 1 is 0.870 bits per heavy atom. The van der Waals surface area contributed by atoms with E-state index in [1.807, 2.05) is 42.5 Å². The number of phenols is 2. The van der Waals surface area contributed by atoms with Gasteiger partial charge < -0.3 is 15.3 Å². The van der Waals surface area contributed by atoms with Crippen LogP contribution in [0.2, 0.25) is 0 Å². The zero-order valence-electron chi connectivity index (χ0n) is 12.9. The fraction of sp³-hybridized carbons (Fsp3) is 0.200. The van der Waals surface area contributed by atoms with Gasteiger partial charge in [-0.25, -0.2) is 0 Å². The molecule has 0 aliphatic heterocycles. The Morgan fingerprint density at radius 3 is 2.09 bits per heavy atom. The molecule has 3 nitrogen and oxygen atoms in total. The molecule has 0 heterocycles. The van der Waals surface area contributed by atoms with E-state index in [0.717, 1.165) is 27.5 Å². The van der Waals surface area contributed by atoms with Crippen LogP contribution >= 0.6 is 0 Å². The molecule has 1 atom stereocenters. The molecular formula is C20H18O3. The van der Waals surface area contributed by atoms with E-state index in [1.165, 1.54) is 0 Å². The Labute approximate surface area is 134 Å². The smallest absolute Gasteiger partial charge is 0.127 e. The summed E-state index contributed by atoms with van der Waals surface area (Å²) < 4.78 is 0. The van der Waals surface area contributed by atoms with Crippen molar-refractivity contribution in [3.8, 4) is 11.5 Å². The molecule has 4 rings (SSSR count). The highest BCUT2D eigenvalue weighted by atomic mass is 16.3. The van der Waals surface area contributed by atoms with E-state index in [9.17, 15) is 15.3 Å². The Morgan fingerprint density at radius 2 is 1.48 bits per heavy atom. The molecule has 3 N–H and O–H groups in total. The molecule has 116 valence electrons. The first kappa shape index (κ1) is 14.1. The van der Waals surface area contributed by atoms with Gasteiger partial charge in [0, 0.05) is 21.9 Å². The Balaban J connectivity index is 2.15. The summed E-state index contributed by atoms with van der Waals surface area (Å²) >= 11 is 0. The SMILES string of the molecule is CC(O)c1cccc2cc3c(O)c4c(c(O)c3cc12)CC=CC4. The van der Waals surface area contributed by atoms with Crippen LogP contribution in [0.3, 0.4) is 0 Å². The zero-order chi connectivity index (χ0) is 16.1. The van der Waals surface area contributed by atoms with E-state index < -0.39 is 6.10 Å². The molecule has 1 aliphatic rings. The third-order valence-corrected chi connectivity index (χ3v) is 4.76. The maximum Gasteiger partial charge on any atom is 0.127 e. The number of fused-ring (bicyclic) bond motifs is 3. The molecule has 0 spiro atoms. The number of benzene rings is 3. The van der Waals surface area contributed by atoms with E-state index in [2.05, 4.69) is 0 Å². The van der Waals surface area contributed by atoms with Gasteiger partial charge in [-0.2, -0.15) is 0 Å². The molecule has 0 radical (unpaired) electrons. The molecule has 0 saturated heterocycles. The highest BCUT2D eigenvalue weighted by Crippen LogP contribution is 2.43. The average molecular weight is 306 g/mol. The van der Waals surface area contributed by atoms with Crippen molar-refractivity contribution in [1.29, 1.82) is 0 Å². The standard InChI is InChI=1S/C20H18O3/c1-11(21)13-8-4-5-12-9-17-18(10-16(12)13)20(23)15-7-3-2-6-14(15)19(17)22/h2-5,8-11,21-23H,6-7H2,1H3. The lowest BCUT2D eigenvalue weighted by molar-refractivity contribution is 0.201. The van der Waals surface area contributed by atoms with Crippen molar-refractivity contribution in [1.82, 2.24) is 0 Å². The number of hydrogen-bond acceptors (Lipinski definition) is 3. The van der Waals surface area contributed by atoms with Gasteiger partial charge in [0.05, 0.1) is 6.10 Å². The second kappa shape index (κ2) is 5.00. The van der Waals surface area contributed by atoms with Gasteiger partial charge in [-0.05, 0) is 48.2 Å². The molecule has 3 aromatic rings. The van der Waals surface area contributed by atoms with Gasteiger partial charge in [0.2, 0.25) is 0 Å². The van der Waals surface area contributed by atoms with E-state index in [-0.39, 0.29) is 11.5 Å². The molecule has 0 fully saturated rings. The minimum absolute atomic E-state index is 0.236. The second-order valence-electron chi connectivity index (χ2n) is 6.18. The third-order valence-electron chi connectivity index (χ3n) is 4.76. The maximum absolute atomic E-state index is 10.7. The highest BCUT2D eigenvalue weighted by molar-refractivity contribution is 6.05. The summed E-state index contributed by atoms with van der Waals surface area (Å²) in [6.07, 6.45) is 4.69. The lowest BCUT2D eigenvalue weighted by Crippen LogP contribution is -2.00. The Kier molecular flexibility index (Phi) is 3.06. The first-order valence-electron chi connectivity index (χ1n) is 7.83. The predicted octanol–water partition coefficient (Wildman–Crippen LogP) is 4.11. The molecule has 1 unspecified atom stereocenters. The van der Waals surface area contributed by atoms with Crippen LogP contribution in [0.1, 0.15) is 29.7 Å². The van der Waals surface area contributed by atoms with E-state index >= 15 is 0 Å². The summed E-state index contributed by atoms with van der Waals surface area (Å²) in [5, 5.41) is 34.5. The van der Waals surface area contributed by atoms with Crippen LogP contribution in [0.25, 0.3) is 21.5 Å². The molecule has 1 aliphatic carbocycles. The minimum Gasteiger partial charge on any atom is -0.507 e. The number of aliphatic hydroxyl groups excluding tert-OH is 1. The minimum atomic E-state index is -0.590. The van der Waals surface area contributed by atoms with Gasteiger partial charge in [0.25, 0.3) is 0 Å². The normalized spacial score (nSPS) is 15.0. The van der Waals surface area contributed by atoms with E-state index in [0.29, 0.717) is 23.6 Å². The van der Waals surface area contributed by atoms with Gasteiger partial charge >= 0.3 is 0 Å². The van der Waals surface area contributed by atoms with Crippen molar-refractivity contribution >= 4 is 21.5 Å². The average Bonchev–Trinajstić information content (AvgIpc) is 2.57. The Hall–Kier alpha value is -2.52. The number of phenolic OH excluding ortho intramolecular Hbond substituents is 2. The number of hydrogen-bond donors (Lipinski definition) is 3. The highest BCUT2D eigenvalue weighted by Gasteiger charge is 2.20. The molecule has 0 saturated carbocycles. The first-order valence-corrected chi connectivity index (χ1v) is 7.83. The fourth-order valence-electron chi connectivity index (χ4n) is 3.56.